The highest BCUT2D eigenvalue weighted by Gasteiger charge is 2.53. The third-order valence-corrected chi connectivity index (χ3v) is 7.48. The molecule has 0 N–H and O–H groups in total. The molecule has 9 nitrogen and oxygen atoms in total. The van der Waals surface area contributed by atoms with Gasteiger partial charge in [0.1, 0.15) is 23.2 Å². The van der Waals surface area contributed by atoms with Crippen LogP contribution in [0.25, 0.3) is 0 Å². The summed E-state index contributed by atoms with van der Waals surface area (Å²) in [7, 11) is 4.62. The normalized spacial score (nSPS) is 22.1. The minimum atomic E-state index is -1.11. The van der Waals surface area contributed by atoms with Crippen molar-refractivity contribution >= 4 is 23.4 Å². The SMILES string of the molecule is CCOC(=O)C1=C(C)N=C2C[C@@H](c3cccc(OC)c3)[C@H](C(=O)OCC)C(=O)C2[C@@H]1c1cc(OC)ccc1OC. The third-order valence-electron chi connectivity index (χ3n) is 7.48. The Morgan fingerprint density at radius 1 is 0.900 bits per heavy atom. The average Bonchev–Trinajstić information content (AvgIpc) is 2.96. The van der Waals surface area contributed by atoms with Gasteiger partial charge in [-0.25, -0.2) is 4.79 Å². The van der Waals surface area contributed by atoms with Gasteiger partial charge in [0.25, 0.3) is 0 Å². The second-order valence-corrected chi connectivity index (χ2v) is 9.61. The molecule has 1 heterocycles. The van der Waals surface area contributed by atoms with E-state index in [-0.39, 0.29) is 24.6 Å². The topological polar surface area (TPSA) is 110 Å². The van der Waals surface area contributed by atoms with Crippen LogP contribution in [0.15, 0.2) is 58.7 Å². The standard InChI is InChI=1S/C31H35NO8/c1-7-39-30(34)25-17(3)32-23-16-21(18-10-9-11-19(14-18)36-4)27(31(35)40-8-2)29(33)28(23)26(25)22-15-20(37-5)12-13-24(22)38-6/h9-15,21,26-28H,7-8,16H2,1-6H3/t21-,26+,27-,28?/m0/s1. The molecule has 4 rings (SSSR count). The van der Waals surface area contributed by atoms with Crippen LogP contribution in [0.1, 0.15) is 50.2 Å². The number of hydrogen-bond acceptors (Lipinski definition) is 9. The van der Waals surface area contributed by atoms with E-state index in [4.69, 9.17) is 28.7 Å². The number of fused-ring (bicyclic) bond motifs is 1. The van der Waals surface area contributed by atoms with Gasteiger partial charge in [-0.05, 0) is 63.1 Å². The summed E-state index contributed by atoms with van der Waals surface area (Å²) in [5.41, 5.74) is 2.61. The fraction of sp³-hybridized carbons (Fsp3) is 0.419. The van der Waals surface area contributed by atoms with Crippen molar-refractivity contribution in [3.05, 3.63) is 64.9 Å². The molecule has 1 aliphatic carbocycles. The Hall–Kier alpha value is -4.14. The number of benzene rings is 2. The molecule has 40 heavy (non-hydrogen) atoms. The van der Waals surface area contributed by atoms with Gasteiger partial charge in [-0.1, -0.05) is 12.1 Å². The molecular formula is C31H35NO8. The number of ketones is 1. The quantitative estimate of drug-likeness (QED) is 0.329. The minimum Gasteiger partial charge on any atom is -0.497 e. The van der Waals surface area contributed by atoms with E-state index in [1.165, 1.54) is 14.2 Å². The molecule has 0 spiro atoms. The molecule has 1 saturated carbocycles. The summed E-state index contributed by atoms with van der Waals surface area (Å²) in [4.78, 5) is 46.1. The number of hydrogen-bond donors (Lipinski definition) is 0. The molecule has 0 radical (unpaired) electrons. The lowest BCUT2D eigenvalue weighted by Crippen LogP contribution is -2.48. The largest absolute Gasteiger partial charge is 0.497 e. The lowest BCUT2D eigenvalue weighted by atomic mass is 9.62. The zero-order valence-corrected chi connectivity index (χ0v) is 23.7. The number of rotatable bonds is 9. The first-order valence-electron chi connectivity index (χ1n) is 13.3. The van der Waals surface area contributed by atoms with Crippen LogP contribution in [0.3, 0.4) is 0 Å². The lowest BCUT2D eigenvalue weighted by molar-refractivity contribution is -0.153. The van der Waals surface area contributed by atoms with Gasteiger partial charge in [-0.15, -0.1) is 0 Å². The van der Waals surface area contributed by atoms with E-state index in [1.807, 2.05) is 18.2 Å². The van der Waals surface area contributed by atoms with E-state index < -0.39 is 35.6 Å². The van der Waals surface area contributed by atoms with Crippen LogP contribution in [0, 0.1) is 11.8 Å². The number of aliphatic imine (C=N–C) groups is 1. The third kappa shape index (κ3) is 5.33. The van der Waals surface area contributed by atoms with Crippen LogP contribution in [-0.4, -0.2) is 58.0 Å². The summed E-state index contributed by atoms with van der Waals surface area (Å²) in [5, 5.41) is 0. The van der Waals surface area contributed by atoms with Crippen molar-refractivity contribution in [2.75, 3.05) is 34.5 Å². The number of methoxy groups -OCH3 is 3. The van der Waals surface area contributed by atoms with Crippen LogP contribution in [0.5, 0.6) is 17.2 Å². The molecule has 2 aromatic carbocycles. The Balaban J connectivity index is 1.95. The van der Waals surface area contributed by atoms with E-state index in [1.54, 1.807) is 52.1 Å². The molecule has 1 aliphatic heterocycles. The number of allylic oxidation sites excluding steroid dienone is 1. The zero-order valence-electron chi connectivity index (χ0n) is 23.7. The summed E-state index contributed by atoms with van der Waals surface area (Å²) < 4.78 is 27.4. The highest BCUT2D eigenvalue weighted by molar-refractivity contribution is 6.18. The van der Waals surface area contributed by atoms with Gasteiger partial charge in [0.2, 0.25) is 0 Å². The molecule has 0 bridgehead atoms. The molecule has 212 valence electrons. The molecule has 1 fully saturated rings. The van der Waals surface area contributed by atoms with Gasteiger partial charge in [0.15, 0.2) is 5.78 Å². The van der Waals surface area contributed by atoms with E-state index in [0.717, 1.165) is 5.56 Å². The maximum absolute atomic E-state index is 14.5. The van der Waals surface area contributed by atoms with Crippen LogP contribution in [0.2, 0.25) is 0 Å². The highest BCUT2D eigenvalue weighted by Crippen LogP contribution is 2.50. The zero-order chi connectivity index (χ0) is 29.0. The Morgan fingerprint density at radius 3 is 2.25 bits per heavy atom. The molecule has 2 aromatic rings. The minimum absolute atomic E-state index is 0.124. The maximum Gasteiger partial charge on any atom is 0.336 e. The first-order valence-corrected chi connectivity index (χ1v) is 13.3. The van der Waals surface area contributed by atoms with Crippen molar-refractivity contribution in [3.8, 4) is 17.2 Å². The van der Waals surface area contributed by atoms with Gasteiger partial charge in [-0.2, -0.15) is 0 Å². The number of Topliss-reactive ketones (excluding diaryl/α,β-unsaturated/α-hetero) is 1. The van der Waals surface area contributed by atoms with E-state index in [0.29, 0.717) is 40.6 Å². The first-order chi connectivity index (χ1) is 19.3. The van der Waals surface area contributed by atoms with Gasteiger partial charge >= 0.3 is 11.9 Å². The second-order valence-electron chi connectivity index (χ2n) is 9.61. The van der Waals surface area contributed by atoms with Gasteiger partial charge in [-0.3, -0.25) is 14.6 Å². The molecule has 9 heteroatoms. The number of esters is 2. The molecule has 0 saturated heterocycles. The van der Waals surface area contributed by atoms with Crippen molar-refractivity contribution in [1.29, 1.82) is 0 Å². The summed E-state index contributed by atoms with van der Waals surface area (Å²) in [6, 6.07) is 12.5. The van der Waals surface area contributed by atoms with Crippen LogP contribution in [0.4, 0.5) is 0 Å². The monoisotopic (exact) mass is 549 g/mol. The maximum atomic E-state index is 14.5. The summed E-state index contributed by atoms with van der Waals surface area (Å²) in [5.74, 6) is -3.32. The van der Waals surface area contributed by atoms with Crippen molar-refractivity contribution in [1.82, 2.24) is 0 Å². The van der Waals surface area contributed by atoms with Gasteiger partial charge in [0, 0.05) is 28.8 Å². The molecule has 0 amide bonds. The Kier molecular flexibility index (Phi) is 8.92. The predicted octanol–water partition coefficient (Wildman–Crippen LogP) is 4.64. The number of carbonyl (C=O) groups excluding carboxylic acids is 3. The van der Waals surface area contributed by atoms with Gasteiger partial charge in [0.05, 0.1) is 46.0 Å². The summed E-state index contributed by atoms with van der Waals surface area (Å²) in [6.07, 6.45) is 0.309. The fourth-order valence-corrected chi connectivity index (χ4v) is 5.76. The molecule has 2 aliphatic rings. The van der Waals surface area contributed by atoms with E-state index in [9.17, 15) is 14.4 Å². The Labute approximate surface area is 234 Å². The predicted molar refractivity (Wildman–Crippen MR) is 148 cm³/mol. The van der Waals surface area contributed by atoms with Crippen molar-refractivity contribution in [2.24, 2.45) is 16.8 Å². The molecule has 4 atom stereocenters. The average molecular weight is 550 g/mol. The first kappa shape index (κ1) is 28.9. The van der Waals surface area contributed by atoms with Crippen molar-refractivity contribution in [2.45, 2.75) is 39.0 Å². The summed E-state index contributed by atoms with van der Waals surface area (Å²) >= 11 is 0. The van der Waals surface area contributed by atoms with Gasteiger partial charge < -0.3 is 23.7 Å². The van der Waals surface area contributed by atoms with Crippen LogP contribution in [-0.2, 0) is 23.9 Å². The number of nitrogens with zero attached hydrogens (tertiary/aromatic N) is 1. The van der Waals surface area contributed by atoms with E-state index >= 15 is 0 Å². The molecule has 0 aromatic heterocycles. The lowest BCUT2D eigenvalue weighted by Gasteiger charge is -2.41. The number of ether oxygens (including phenoxy) is 5. The Morgan fingerprint density at radius 2 is 1.60 bits per heavy atom. The van der Waals surface area contributed by atoms with Crippen molar-refractivity contribution in [3.63, 3.8) is 0 Å². The summed E-state index contributed by atoms with van der Waals surface area (Å²) in [6.45, 7) is 5.43. The van der Waals surface area contributed by atoms with Crippen molar-refractivity contribution < 1.29 is 38.1 Å². The van der Waals surface area contributed by atoms with E-state index in [2.05, 4.69) is 0 Å². The smallest absolute Gasteiger partial charge is 0.336 e. The van der Waals surface area contributed by atoms with Crippen LogP contribution >= 0.6 is 0 Å². The molecule has 1 unspecified atom stereocenters. The second kappa shape index (κ2) is 12.4. The Bertz CT molecular complexity index is 1360. The molecular weight excluding hydrogens is 514 g/mol. The van der Waals surface area contributed by atoms with Crippen LogP contribution < -0.4 is 14.2 Å². The number of carbonyl (C=O) groups is 3. The highest BCUT2D eigenvalue weighted by atomic mass is 16.5. The fourth-order valence-electron chi connectivity index (χ4n) is 5.76.